The van der Waals surface area contributed by atoms with E-state index in [2.05, 4.69) is 15.6 Å². The summed E-state index contributed by atoms with van der Waals surface area (Å²) in [7, 11) is 5.00. The second-order valence-electron chi connectivity index (χ2n) is 6.30. The van der Waals surface area contributed by atoms with E-state index in [0.717, 1.165) is 17.1 Å². The normalized spacial score (nSPS) is 11.7. The topological polar surface area (TPSA) is 73.3 Å². The molecule has 1 unspecified atom stereocenters. The molecule has 0 bridgehead atoms. The highest BCUT2D eigenvalue weighted by atomic mass is 127. The first-order valence-corrected chi connectivity index (χ1v) is 9.65. The van der Waals surface area contributed by atoms with E-state index in [-0.39, 0.29) is 30.1 Å². The van der Waals surface area contributed by atoms with Gasteiger partial charge in [-0.1, -0.05) is 18.2 Å². The van der Waals surface area contributed by atoms with Crippen molar-refractivity contribution in [1.29, 1.82) is 0 Å². The molecule has 0 fully saturated rings. The summed E-state index contributed by atoms with van der Waals surface area (Å²) < 4.78 is 22.2. The van der Waals surface area contributed by atoms with Crippen LogP contribution >= 0.6 is 24.0 Å². The molecule has 0 saturated heterocycles. The van der Waals surface area contributed by atoms with E-state index >= 15 is 0 Å². The van der Waals surface area contributed by atoms with Gasteiger partial charge < -0.3 is 29.6 Å². The fourth-order valence-electron chi connectivity index (χ4n) is 2.72. The number of guanidine groups is 1. The van der Waals surface area contributed by atoms with E-state index in [9.17, 15) is 0 Å². The average Bonchev–Trinajstić information content (AvgIpc) is 2.74. The maximum atomic E-state index is 5.96. The van der Waals surface area contributed by atoms with Crippen molar-refractivity contribution in [3.8, 4) is 23.0 Å². The Balaban J connectivity index is 0.00000450. The van der Waals surface area contributed by atoms with Crippen molar-refractivity contribution in [2.24, 2.45) is 4.99 Å². The molecular formula is C22H32IN3O4. The summed E-state index contributed by atoms with van der Waals surface area (Å²) in [6, 6.07) is 13.5. The van der Waals surface area contributed by atoms with Crippen molar-refractivity contribution in [3.63, 3.8) is 0 Å². The Morgan fingerprint density at radius 3 is 2.27 bits per heavy atom. The molecule has 8 heteroatoms. The Morgan fingerprint density at radius 1 is 0.967 bits per heavy atom. The number of benzene rings is 2. The van der Waals surface area contributed by atoms with Crippen molar-refractivity contribution >= 4 is 29.9 Å². The van der Waals surface area contributed by atoms with Gasteiger partial charge in [0.05, 0.1) is 27.4 Å². The lowest BCUT2D eigenvalue weighted by Crippen LogP contribution is -2.41. The standard InChI is InChI=1S/C22H31N3O4.HI/c1-6-28-21-13-17(11-12-19(21)27-5)15-25-22(23-3)24-14-16(2)29-20-10-8-7-9-18(20)26-4;/h7-13,16H,6,14-15H2,1-5H3,(H2,23,24,25);1H. The number of methoxy groups -OCH3 is 2. The molecule has 0 aliphatic rings. The van der Waals surface area contributed by atoms with Crippen LogP contribution in [0, 0.1) is 0 Å². The van der Waals surface area contributed by atoms with Gasteiger partial charge in [-0.3, -0.25) is 4.99 Å². The highest BCUT2D eigenvalue weighted by Crippen LogP contribution is 2.28. The summed E-state index contributed by atoms with van der Waals surface area (Å²) >= 11 is 0. The van der Waals surface area contributed by atoms with Gasteiger partial charge in [0.2, 0.25) is 0 Å². The molecule has 0 amide bonds. The lowest BCUT2D eigenvalue weighted by Gasteiger charge is -2.19. The Hall–Kier alpha value is -2.36. The summed E-state index contributed by atoms with van der Waals surface area (Å²) in [4.78, 5) is 4.27. The molecule has 0 heterocycles. The van der Waals surface area contributed by atoms with Crippen LogP contribution in [0.4, 0.5) is 0 Å². The molecule has 30 heavy (non-hydrogen) atoms. The highest BCUT2D eigenvalue weighted by Gasteiger charge is 2.10. The quantitative estimate of drug-likeness (QED) is 0.277. The minimum atomic E-state index is -0.0737. The van der Waals surface area contributed by atoms with E-state index in [4.69, 9.17) is 18.9 Å². The molecule has 7 nitrogen and oxygen atoms in total. The smallest absolute Gasteiger partial charge is 0.191 e. The number of hydrogen-bond acceptors (Lipinski definition) is 5. The minimum Gasteiger partial charge on any atom is -0.493 e. The molecule has 1 atom stereocenters. The molecule has 0 aromatic heterocycles. The molecule has 0 spiro atoms. The van der Waals surface area contributed by atoms with Crippen LogP contribution in [0.25, 0.3) is 0 Å². The molecule has 0 saturated carbocycles. The third kappa shape index (κ3) is 7.81. The van der Waals surface area contributed by atoms with Crippen LogP contribution in [-0.4, -0.2) is 46.5 Å². The second kappa shape index (κ2) is 13.8. The van der Waals surface area contributed by atoms with Crippen LogP contribution in [0.1, 0.15) is 19.4 Å². The Labute approximate surface area is 196 Å². The third-order valence-electron chi connectivity index (χ3n) is 4.17. The number of nitrogens with zero attached hydrogens (tertiary/aromatic N) is 1. The summed E-state index contributed by atoms with van der Waals surface area (Å²) in [6.07, 6.45) is -0.0737. The van der Waals surface area contributed by atoms with Gasteiger partial charge in [-0.05, 0) is 43.7 Å². The molecule has 2 aromatic rings. The molecular weight excluding hydrogens is 497 g/mol. The van der Waals surface area contributed by atoms with Gasteiger partial charge in [0.25, 0.3) is 0 Å². The zero-order chi connectivity index (χ0) is 21.1. The number of aliphatic imine (C=N–C) groups is 1. The summed E-state index contributed by atoms with van der Waals surface area (Å²) in [5.74, 6) is 3.58. The van der Waals surface area contributed by atoms with E-state index < -0.39 is 0 Å². The minimum absolute atomic E-state index is 0. The van der Waals surface area contributed by atoms with Gasteiger partial charge >= 0.3 is 0 Å². The largest absolute Gasteiger partial charge is 0.493 e. The van der Waals surface area contributed by atoms with Gasteiger partial charge in [-0.15, -0.1) is 24.0 Å². The van der Waals surface area contributed by atoms with Gasteiger partial charge in [0.15, 0.2) is 29.0 Å². The van der Waals surface area contributed by atoms with E-state index in [1.807, 2.05) is 56.3 Å². The van der Waals surface area contributed by atoms with Crippen LogP contribution < -0.4 is 29.6 Å². The Bertz CT molecular complexity index is 802. The number of hydrogen-bond donors (Lipinski definition) is 2. The molecule has 0 aliphatic heterocycles. The number of ether oxygens (including phenoxy) is 4. The monoisotopic (exact) mass is 529 g/mol. The van der Waals surface area contributed by atoms with Gasteiger partial charge in [-0.2, -0.15) is 0 Å². The Kier molecular flexibility index (Phi) is 11.8. The second-order valence-corrected chi connectivity index (χ2v) is 6.30. The lowest BCUT2D eigenvalue weighted by atomic mass is 10.2. The maximum absolute atomic E-state index is 5.96. The van der Waals surface area contributed by atoms with Crippen LogP contribution in [0.15, 0.2) is 47.5 Å². The predicted octanol–water partition coefficient (Wildman–Crippen LogP) is 3.85. The van der Waals surface area contributed by atoms with Crippen LogP contribution in [0.5, 0.6) is 23.0 Å². The molecule has 0 radical (unpaired) electrons. The van der Waals surface area contributed by atoms with Gasteiger partial charge in [0.1, 0.15) is 6.10 Å². The summed E-state index contributed by atoms with van der Waals surface area (Å²) in [5.41, 5.74) is 1.07. The van der Waals surface area contributed by atoms with Crippen molar-refractivity contribution < 1.29 is 18.9 Å². The fourth-order valence-corrected chi connectivity index (χ4v) is 2.72. The maximum Gasteiger partial charge on any atom is 0.191 e. The first-order valence-electron chi connectivity index (χ1n) is 9.65. The van der Waals surface area contributed by atoms with Crippen LogP contribution in [-0.2, 0) is 6.54 Å². The van der Waals surface area contributed by atoms with Gasteiger partial charge in [0, 0.05) is 13.6 Å². The zero-order valence-electron chi connectivity index (χ0n) is 18.2. The molecule has 166 valence electrons. The van der Waals surface area contributed by atoms with Gasteiger partial charge in [-0.25, -0.2) is 0 Å². The summed E-state index contributed by atoms with van der Waals surface area (Å²) in [5, 5.41) is 6.57. The first kappa shape index (κ1) is 25.7. The average molecular weight is 529 g/mol. The molecule has 2 rings (SSSR count). The van der Waals surface area contributed by atoms with Crippen molar-refractivity contribution in [3.05, 3.63) is 48.0 Å². The predicted molar refractivity (Wildman–Crippen MR) is 131 cm³/mol. The number of rotatable bonds is 10. The van der Waals surface area contributed by atoms with E-state index in [0.29, 0.717) is 37.2 Å². The number of halogens is 1. The first-order chi connectivity index (χ1) is 14.1. The number of para-hydroxylation sites is 2. The molecule has 2 aromatic carbocycles. The van der Waals surface area contributed by atoms with E-state index in [1.54, 1.807) is 21.3 Å². The number of nitrogens with one attached hydrogen (secondary N) is 2. The molecule has 0 aliphatic carbocycles. The lowest BCUT2D eigenvalue weighted by molar-refractivity contribution is 0.213. The SMILES string of the molecule is CCOc1cc(CNC(=NC)NCC(C)Oc2ccccc2OC)ccc1OC.I. The van der Waals surface area contributed by atoms with E-state index in [1.165, 1.54) is 0 Å². The highest BCUT2D eigenvalue weighted by molar-refractivity contribution is 14.0. The van der Waals surface area contributed by atoms with Crippen molar-refractivity contribution in [2.45, 2.75) is 26.5 Å². The van der Waals surface area contributed by atoms with Crippen molar-refractivity contribution in [2.75, 3.05) is 34.4 Å². The van der Waals surface area contributed by atoms with Crippen LogP contribution in [0.2, 0.25) is 0 Å². The zero-order valence-corrected chi connectivity index (χ0v) is 20.6. The fraction of sp³-hybridized carbons (Fsp3) is 0.409. The third-order valence-corrected chi connectivity index (χ3v) is 4.17. The summed E-state index contributed by atoms with van der Waals surface area (Å²) in [6.45, 7) is 5.71. The Morgan fingerprint density at radius 2 is 1.63 bits per heavy atom. The van der Waals surface area contributed by atoms with Crippen molar-refractivity contribution in [1.82, 2.24) is 10.6 Å². The molecule has 2 N–H and O–H groups in total. The van der Waals surface area contributed by atoms with Crippen LogP contribution in [0.3, 0.4) is 0 Å².